The van der Waals surface area contributed by atoms with Crippen LogP contribution in [0.4, 0.5) is 11.4 Å². The van der Waals surface area contributed by atoms with Crippen molar-refractivity contribution in [2.75, 3.05) is 24.7 Å². The normalized spacial score (nSPS) is 7.35. The van der Waals surface area contributed by atoms with Crippen LogP contribution in [0.5, 0.6) is 0 Å². The van der Waals surface area contributed by atoms with E-state index >= 15 is 0 Å². The summed E-state index contributed by atoms with van der Waals surface area (Å²) in [7, 11) is 3.79. The molecule has 0 aliphatic heterocycles. The molecule has 0 atom stereocenters. The Balaban J connectivity index is -0.000000264. The predicted octanol–water partition coefficient (Wildman–Crippen LogP) is 6.24. The second-order valence-corrected chi connectivity index (χ2v) is 3.55. The summed E-state index contributed by atoms with van der Waals surface area (Å²) in [6, 6.07) is 14.0. The van der Waals surface area contributed by atoms with Crippen molar-refractivity contribution in [1.82, 2.24) is 4.98 Å². The van der Waals surface area contributed by atoms with Gasteiger partial charge in [-0.1, -0.05) is 59.7 Å². The van der Waals surface area contributed by atoms with Crippen LogP contribution >= 0.6 is 0 Å². The molecule has 3 nitrogen and oxygen atoms in total. The van der Waals surface area contributed by atoms with Gasteiger partial charge in [0.15, 0.2) is 0 Å². The Kier molecular flexibility index (Phi) is 25.1. The van der Waals surface area contributed by atoms with Crippen LogP contribution in [0.25, 0.3) is 0 Å². The molecule has 1 aromatic heterocycles. The van der Waals surface area contributed by atoms with Gasteiger partial charge in [-0.3, -0.25) is 4.98 Å². The van der Waals surface area contributed by atoms with E-state index in [1.165, 1.54) is 0 Å². The monoisotopic (exact) mass is 319 g/mol. The zero-order chi connectivity index (χ0) is 18.5. The number of hydrogen-bond donors (Lipinski definition) is 2. The number of benzene rings is 1. The quantitative estimate of drug-likeness (QED) is 0.688. The van der Waals surface area contributed by atoms with Gasteiger partial charge < -0.3 is 10.6 Å². The highest BCUT2D eigenvalue weighted by Crippen LogP contribution is 2.02. The molecule has 1 heterocycles. The number of aryl methyl sites for hydroxylation is 1. The Morgan fingerprint density at radius 3 is 1.43 bits per heavy atom. The van der Waals surface area contributed by atoms with E-state index in [1.54, 1.807) is 0 Å². The molecular weight excluding hydrogens is 282 g/mol. The van der Waals surface area contributed by atoms with Crippen molar-refractivity contribution in [3.05, 3.63) is 54.4 Å². The largest absolute Gasteiger partial charge is 0.388 e. The van der Waals surface area contributed by atoms with Crippen molar-refractivity contribution in [3.8, 4) is 0 Å². The fourth-order valence-electron chi connectivity index (χ4n) is 1.22. The van der Waals surface area contributed by atoms with Gasteiger partial charge >= 0.3 is 0 Å². The van der Waals surface area contributed by atoms with Gasteiger partial charge in [0.05, 0.1) is 11.9 Å². The molecule has 23 heavy (non-hydrogen) atoms. The topological polar surface area (TPSA) is 37.0 Å². The summed E-state index contributed by atoms with van der Waals surface area (Å²) >= 11 is 0. The number of pyridine rings is 1. The zero-order valence-electron chi connectivity index (χ0n) is 16.6. The van der Waals surface area contributed by atoms with Gasteiger partial charge in [0.25, 0.3) is 0 Å². The van der Waals surface area contributed by atoms with E-state index in [4.69, 9.17) is 0 Å². The molecule has 0 bridgehead atoms. The summed E-state index contributed by atoms with van der Waals surface area (Å²) in [5.41, 5.74) is 3.27. The maximum atomic E-state index is 4.09. The molecule has 2 rings (SSSR count). The van der Waals surface area contributed by atoms with Crippen molar-refractivity contribution in [1.29, 1.82) is 0 Å². The fourth-order valence-corrected chi connectivity index (χ4v) is 1.22. The highest BCUT2D eigenvalue weighted by molar-refractivity contribution is 5.41. The zero-order valence-corrected chi connectivity index (χ0v) is 16.6. The Morgan fingerprint density at radius 2 is 1.13 bits per heavy atom. The summed E-state index contributed by atoms with van der Waals surface area (Å²) in [5, 5.41) is 6.02. The number of anilines is 2. The maximum absolute atomic E-state index is 4.09. The van der Waals surface area contributed by atoms with Gasteiger partial charge in [0.2, 0.25) is 0 Å². The number of para-hydroxylation sites is 1. The SMILES string of the molecule is CC.CC.CC.CNc1ccc(C)nc1.CNc1ccccc1. The van der Waals surface area contributed by atoms with Crippen LogP contribution < -0.4 is 10.6 Å². The van der Waals surface area contributed by atoms with E-state index in [0.717, 1.165) is 17.1 Å². The molecule has 0 fully saturated rings. The third-order valence-electron chi connectivity index (χ3n) is 2.26. The van der Waals surface area contributed by atoms with Crippen LogP contribution in [0.15, 0.2) is 48.7 Å². The average Bonchev–Trinajstić information content (AvgIpc) is 2.68. The first-order chi connectivity index (χ1) is 11.3. The van der Waals surface area contributed by atoms with Crippen molar-refractivity contribution >= 4 is 11.4 Å². The van der Waals surface area contributed by atoms with Crippen LogP contribution in [0.1, 0.15) is 47.2 Å². The van der Waals surface area contributed by atoms with Gasteiger partial charge in [-0.25, -0.2) is 0 Å². The Hall–Kier alpha value is -2.03. The number of rotatable bonds is 2. The van der Waals surface area contributed by atoms with Gasteiger partial charge in [0.1, 0.15) is 0 Å². The molecular formula is C20H37N3. The molecule has 0 unspecified atom stereocenters. The smallest absolute Gasteiger partial charge is 0.0524 e. The number of aromatic nitrogens is 1. The van der Waals surface area contributed by atoms with Crippen LogP contribution in [0.3, 0.4) is 0 Å². The number of nitrogens with zero attached hydrogens (tertiary/aromatic N) is 1. The van der Waals surface area contributed by atoms with Gasteiger partial charge in [0, 0.05) is 25.5 Å². The lowest BCUT2D eigenvalue weighted by molar-refractivity contribution is 1.20. The molecule has 2 N–H and O–H groups in total. The molecule has 0 saturated carbocycles. The number of nitrogens with one attached hydrogen (secondary N) is 2. The predicted molar refractivity (Wildman–Crippen MR) is 109 cm³/mol. The summed E-state index contributed by atoms with van der Waals surface area (Å²) in [6.07, 6.45) is 1.81. The van der Waals surface area contributed by atoms with Gasteiger partial charge in [-0.15, -0.1) is 0 Å². The Bertz CT molecular complexity index is 411. The second-order valence-electron chi connectivity index (χ2n) is 3.55. The number of hydrogen-bond acceptors (Lipinski definition) is 3. The van der Waals surface area contributed by atoms with E-state index in [2.05, 4.69) is 15.6 Å². The first kappa shape index (κ1) is 25.9. The van der Waals surface area contributed by atoms with Gasteiger partial charge in [-0.05, 0) is 31.2 Å². The Morgan fingerprint density at radius 1 is 0.652 bits per heavy atom. The third kappa shape index (κ3) is 16.2. The molecule has 0 aliphatic carbocycles. The van der Waals surface area contributed by atoms with Gasteiger partial charge in [-0.2, -0.15) is 0 Å². The minimum Gasteiger partial charge on any atom is -0.388 e. The van der Waals surface area contributed by atoms with E-state index in [9.17, 15) is 0 Å². The van der Waals surface area contributed by atoms with Crippen LogP contribution in [-0.4, -0.2) is 19.1 Å². The summed E-state index contributed by atoms with van der Waals surface area (Å²) < 4.78 is 0. The van der Waals surface area contributed by atoms with Crippen LogP contribution in [-0.2, 0) is 0 Å². The lowest BCUT2D eigenvalue weighted by Crippen LogP contribution is -1.88. The minimum atomic E-state index is 1.05. The summed E-state index contributed by atoms with van der Waals surface area (Å²) in [5.74, 6) is 0. The summed E-state index contributed by atoms with van der Waals surface area (Å²) in [6.45, 7) is 14.0. The first-order valence-corrected chi connectivity index (χ1v) is 8.59. The highest BCUT2D eigenvalue weighted by atomic mass is 14.8. The van der Waals surface area contributed by atoms with Crippen molar-refractivity contribution < 1.29 is 0 Å². The fraction of sp³-hybridized carbons (Fsp3) is 0.450. The highest BCUT2D eigenvalue weighted by Gasteiger charge is 1.85. The molecule has 132 valence electrons. The minimum absolute atomic E-state index is 1.05. The van der Waals surface area contributed by atoms with E-state index in [1.807, 2.05) is 111 Å². The standard InChI is InChI=1S/C7H10N2.C7H9N.3C2H6/c1-6-3-4-7(8-2)5-9-6;1-8-7-5-3-2-4-6-7;3*1-2/h3-5,8H,1-2H3;2-6,8H,1H3;3*1-2H3. The Labute approximate surface area is 144 Å². The van der Waals surface area contributed by atoms with E-state index < -0.39 is 0 Å². The lowest BCUT2D eigenvalue weighted by atomic mass is 10.3. The molecule has 0 amide bonds. The van der Waals surface area contributed by atoms with Crippen LogP contribution in [0, 0.1) is 6.92 Å². The molecule has 0 aliphatic rings. The van der Waals surface area contributed by atoms with Crippen molar-refractivity contribution in [2.45, 2.75) is 48.5 Å². The van der Waals surface area contributed by atoms with Crippen LogP contribution in [0.2, 0.25) is 0 Å². The second kappa shape index (κ2) is 22.3. The van der Waals surface area contributed by atoms with Crippen molar-refractivity contribution in [3.63, 3.8) is 0 Å². The van der Waals surface area contributed by atoms with E-state index in [0.29, 0.717) is 0 Å². The molecule has 0 saturated heterocycles. The average molecular weight is 320 g/mol. The summed E-state index contributed by atoms with van der Waals surface area (Å²) in [4.78, 5) is 4.09. The lowest BCUT2D eigenvalue weighted by Gasteiger charge is -1.96. The molecule has 2 aromatic rings. The molecule has 0 radical (unpaired) electrons. The maximum Gasteiger partial charge on any atom is 0.0524 e. The molecule has 1 aromatic carbocycles. The van der Waals surface area contributed by atoms with Crippen molar-refractivity contribution in [2.24, 2.45) is 0 Å². The molecule has 3 heteroatoms. The molecule has 0 spiro atoms. The third-order valence-corrected chi connectivity index (χ3v) is 2.26. The first-order valence-electron chi connectivity index (χ1n) is 8.59. The van der Waals surface area contributed by atoms with E-state index in [-0.39, 0.29) is 0 Å².